The van der Waals surface area contributed by atoms with Crippen LogP contribution in [0.15, 0.2) is 18.2 Å². The Morgan fingerprint density at radius 2 is 1.09 bits per heavy atom. The van der Waals surface area contributed by atoms with Crippen LogP contribution in [-0.4, -0.2) is 105 Å². The number of anilines is 2. The summed E-state index contributed by atoms with van der Waals surface area (Å²) in [5.41, 5.74) is 1.95. The van der Waals surface area contributed by atoms with Gasteiger partial charge in [-0.15, -0.1) is 0 Å². The van der Waals surface area contributed by atoms with Crippen LogP contribution in [0.1, 0.15) is 71.3 Å². The highest BCUT2D eigenvalue weighted by Crippen LogP contribution is 2.45. The molecule has 1 aromatic carbocycles. The minimum Gasteiger partial charge on any atom is -0.453 e. The molecule has 18 heteroatoms. The number of methoxy groups -OCH3 is 6. The van der Waals surface area contributed by atoms with Crippen molar-refractivity contribution in [1.82, 2.24) is 21.3 Å². The van der Waals surface area contributed by atoms with E-state index in [9.17, 15) is 28.8 Å². The Bertz CT molecular complexity index is 1290. The molecule has 6 amide bonds. The summed E-state index contributed by atoms with van der Waals surface area (Å²) in [7, 11) is 7.95. The second-order valence-electron chi connectivity index (χ2n) is 13.3. The van der Waals surface area contributed by atoms with Crippen molar-refractivity contribution < 1.29 is 57.2 Å². The summed E-state index contributed by atoms with van der Waals surface area (Å²) >= 11 is 0. The molecular weight excluding hydrogens is 696 g/mol. The first-order valence-electron chi connectivity index (χ1n) is 17.1. The fourth-order valence-corrected chi connectivity index (χ4v) is 5.75. The standard InChI is InChI=1S/C14H26N2O4.C11H14N2O4.C10H20N2O4/c1-13(2)6-10(16-12(18)20-5)7-14(3,8-13)9-15-11(17)19-4;1-7-4-5-8(12-10(14)16-2)6-9(7)13-11(15)17-3;1-15-9(13)11-7-5-3-4-6-8-12-10(14)16-2/h10H,6-9H2,1-5H3,(H,15,17)(H,16,18);4-6H,1-3H3,(H,12,14)(H,13,15);3-8H2,1-2H3,(H,11,13)(H,12,14). The summed E-state index contributed by atoms with van der Waals surface area (Å²) in [5, 5.41) is 15.9. The van der Waals surface area contributed by atoms with Crippen molar-refractivity contribution in [3.63, 3.8) is 0 Å². The number of carbonyl (C=O) groups excluding carboxylic acids is 6. The van der Waals surface area contributed by atoms with Gasteiger partial charge in [0.25, 0.3) is 0 Å². The molecule has 1 saturated carbocycles. The van der Waals surface area contributed by atoms with Crippen LogP contribution < -0.4 is 31.9 Å². The number of hydrogen-bond acceptors (Lipinski definition) is 12. The molecule has 6 N–H and O–H groups in total. The van der Waals surface area contributed by atoms with Gasteiger partial charge in [-0.2, -0.15) is 0 Å². The van der Waals surface area contributed by atoms with E-state index in [0.717, 1.165) is 50.5 Å². The monoisotopic (exact) mass is 756 g/mol. The minimum atomic E-state index is -0.571. The first kappa shape index (κ1) is 47.8. The molecule has 1 aliphatic rings. The van der Waals surface area contributed by atoms with Gasteiger partial charge in [0.15, 0.2) is 0 Å². The van der Waals surface area contributed by atoms with E-state index in [4.69, 9.17) is 0 Å². The summed E-state index contributed by atoms with van der Waals surface area (Å²) in [6, 6.07) is 5.13. The Labute approximate surface area is 312 Å². The van der Waals surface area contributed by atoms with E-state index in [-0.39, 0.29) is 16.9 Å². The normalized spacial score (nSPS) is 16.5. The Morgan fingerprint density at radius 1 is 0.623 bits per heavy atom. The van der Waals surface area contributed by atoms with Crippen molar-refractivity contribution in [2.45, 2.75) is 78.7 Å². The Balaban J connectivity index is 0.000000772. The number of unbranched alkanes of at least 4 members (excludes halogenated alkanes) is 3. The summed E-state index contributed by atoms with van der Waals surface area (Å²) < 4.78 is 27.1. The molecule has 0 radical (unpaired) electrons. The molecule has 0 heterocycles. The van der Waals surface area contributed by atoms with Gasteiger partial charge in [-0.1, -0.05) is 39.7 Å². The van der Waals surface area contributed by atoms with Gasteiger partial charge in [-0.05, 0) is 67.6 Å². The molecule has 2 unspecified atom stereocenters. The number of hydrogen-bond donors (Lipinski definition) is 6. The van der Waals surface area contributed by atoms with E-state index in [2.05, 4.69) is 81.1 Å². The molecule has 2 atom stereocenters. The van der Waals surface area contributed by atoms with E-state index in [0.29, 0.717) is 31.0 Å². The van der Waals surface area contributed by atoms with Crippen LogP contribution in [0, 0.1) is 17.8 Å². The fraction of sp³-hybridized carbons (Fsp3) is 0.657. The first-order chi connectivity index (χ1) is 25.0. The third kappa shape index (κ3) is 22.4. The van der Waals surface area contributed by atoms with Crippen LogP contribution in [0.2, 0.25) is 0 Å². The lowest BCUT2D eigenvalue weighted by atomic mass is 9.62. The predicted octanol–water partition coefficient (Wildman–Crippen LogP) is 5.89. The predicted molar refractivity (Wildman–Crippen MR) is 198 cm³/mol. The molecule has 1 fully saturated rings. The lowest BCUT2D eigenvalue weighted by molar-refractivity contribution is 0.0662. The third-order valence-corrected chi connectivity index (χ3v) is 7.90. The number of nitrogens with one attached hydrogen (secondary N) is 6. The lowest BCUT2D eigenvalue weighted by Crippen LogP contribution is -2.50. The van der Waals surface area contributed by atoms with Gasteiger partial charge in [0.1, 0.15) is 0 Å². The molecule has 0 saturated heterocycles. The SMILES string of the molecule is COC(=O)NCC1(C)CC(NC(=O)OC)CC(C)(C)C1.COC(=O)NCCCCCCNC(=O)OC.COC(=O)Nc1ccc(C)c(NC(=O)OC)c1. The van der Waals surface area contributed by atoms with E-state index in [1.165, 1.54) is 42.7 Å². The number of aryl methyl sites for hydroxylation is 1. The molecule has 0 aliphatic heterocycles. The van der Waals surface area contributed by atoms with Gasteiger partial charge in [0.2, 0.25) is 0 Å². The van der Waals surface area contributed by atoms with Crippen molar-refractivity contribution >= 4 is 47.9 Å². The fourth-order valence-electron chi connectivity index (χ4n) is 5.75. The zero-order valence-electron chi connectivity index (χ0n) is 32.8. The van der Waals surface area contributed by atoms with E-state index in [1.807, 2.05) is 6.92 Å². The number of benzene rings is 1. The highest BCUT2D eigenvalue weighted by Gasteiger charge is 2.42. The van der Waals surface area contributed by atoms with Crippen LogP contribution in [0.25, 0.3) is 0 Å². The number of amides is 6. The Hall–Kier alpha value is -5.16. The molecule has 0 bridgehead atoms. The van der Waals surface area contributed by atoms with Crippen LogP contribution in [-0.2, 0) is 28.4 Å². The maximum atomic E-state index is 11.4. The van der Waals surface area contributed by atoms with E-state index >= 15 is 0 Å². The zero-order chi connectivity index (χ0) is 40.5. The van der Waals surface area contributed by atoms with Gasteiger partial charge in [0, 0.05) is 37.1 Å². The van der Waals surface area contributed by atoms with Crippen molar-refractivity contribution in [1.29, 1.82) is 0 Å². The molecule has 2 rings (SSSR count). The van der Waals surface area contributed by atoms with Gasteiger partial charge in [-0.25, -0.2) is 28.8 Å². The zero-order valence-corrected chi connectivity index (χ0v) is 32.8. The lowest BCUT2D eigenvalue weighted by Gasteiger charge is -2.46. The van der Waals surface area contributed by atoms with E-state index in [1.54, 1.807) is 18.2 Å². The van der Waals surface area contributed by atoms with Crippen LogP contribution in [0.4, 0.5) is 40.1 Å². The van der Waals surface area contributed by atoms with E-state index < -0.39 is 36.6 Å². The summed E-state index contributed by atoms with van der Waals surface area (Å²) in [5.74, 6) is 0. The number of alkyl carbamates (subject to hydrolysis) is 4. The first-order valence-corrected chi connectivity index (χ1v) is 17.1. The average molecular weight is 757 g/mol. The molecule has 1 aromatic rings. The van der Waals surface area contributed by atoms with Gasteiger partial charge in [0.05, 0.1) is 42.7 Å². The second kappa shape index (κ2) is 25.7. The van der Waals surface area contributed by atoms with Crippen LogP contribution in [0.3, 0.4) is 0 Å². The summed E-state index contributed by atoms with van der Waals surface area (Å²) in [6.45, 7) is 10.1. The van der Waals surface area contributed by atoms with Crippen molar-refractivity contribution in [2.75, 3.05) is 72.9 Å². The average Bonchev–Trinajstić information content (AvgIpc) is 3.12. The highest BCUT2D eigenvalue weighted by molar-refractivity contribution is 5.89. The Kier molecular flexibility index (Phi) is 23.2. The van der Waals surface area contributed by atoms with Crippen molar-refractivity contribution in [3.8, 4) is 0 Å². The second-order valence-corrected chi connectivity index (χ2v) is 13.3. The van der Waals surface area contributed by atoms with Gasteiger partial charge < -0.3 is 49.7 Å². The summed E-state index contributed by atoms with van der Waals surface area (Å²) in [6.07, 6.45) is 3.75. The molecule has 18 nitrogen and oxygen atoms in total. The van der Waals surface area contributed by atoms with Crippen molar-refractivity contribution in [3.05, 3.63) is 23.8 Å². The highest BCUT2D eigenvalue weighted by atomic mass is 16.6. The third-order valence-electron chi connectivity index (χ3n) is 7.90. The van der Waals surface area contributed by atoms with Crippen LogP contribution >= 0.6 is 0 Å². The smallest absolute Gasteiger partial charge is 0.411 e. The molecular formula is C35H60N6O12. The van der Waals surface area contributed by atoms with Gasteiger partial charge >= 0.3 is 36.6 Å². The number of ether oxygens (including phenoxy) is 6. The molecule has 0 spiro atoms. The summed E-state index contributed by atoms with van der Waals surface area (Å²) in [4.78, 5) is 66.0. The quantitative estimate of drug-likeness (QED) is 0.108. The number of carbonyl (C=O) groups is 6. The largest absolute Gasteiger partial charge is 0.453 e. The Morgan fingerprint density at radius 3 is 1.58 bits per heavy atom. The van der Waals surface area contributed by atoms with Crippen LogP contribution in [0.5, 0.6) is 0 Å². The molecule has 1 aliphatic carbocycles. The maximum Gasteiger partial charge on any atom is 0.411 e. The minimum absolute atomic E-state index is 0.0515. The molecule has 0 aromatic heterocycles. The molecule has 302 valence electrons. The van der Waals surface area contributed by atoms with Gasteiger partial charge in [-0.3, -0.25) is 10.6 Å². The van der Waals surface area contributed by atoms with Crippen molar-refractivity contribution in [2.24, 2.45) is 10.8 Å². The molecule has 53 heavy (non-hydrogen) atoms. The maximum absolute atomic E-state index is 11.4. The number of rotatable bonds is 12. The topological polar surface area (TPSA) is 230 Å².